The molecule has 0 radical (unpaired) electrons. The Labute approximate surface area is 227 Å². The molecule has 0 spiro atoms. The van der Waals surface area contributed by atoms with Gasteiger partial charge in [-0.05, 0) is 41.3 Å². The first-order valence-corrected chi connectivity index (χ1v) is 13.5. The van der Waals surface area contributed by atoms with Gasteiger partial charge in [-0.15, -0.1) is 0 Å². The van der Waals surface area contributed by atoms with Crippen molar-refractivity contribution in [3.8, 4) is 28.3 Å². The summed E-state index contributed by atoms with van der Waals surface area (Å²) in [5.74, 6) is 1.90. The lowest BCUT2D eigenvalue weighted by molar-refractivity contribution is 0.419. The van der Waals surface area contributed by atoms with Gasteiger partial charge in [0.25, 0.3) is 0 Å². The Morgan fingerprint density at radius 1 is 0.564 bits per heavy atom. The summed E-state index contributed by atoms with van der Waals surface area (Å²) in [6.45, 7) is 4.58. The summed E-state index contributed by atoms with van der Waals surface area (Å²) in [6.07, 6.45) is 0. The molecule has 8 rings (SSSR count). The third kappa shape index (κ3) is 3.15. The van der Waals surface area contributed by atoms with Gasteiger partial charge in [0.2, 0.25) is 0 Å². The minimum atomic E-state index is -0.144. The number of para-hydroxylation sites is 3. The maximum Gasteiger partial charge on any atom is 0.139 e. The molecule has 0 N–H and O–H groups in total. The van der Waals surface area contributed by atoms with Crippen molar-refractivity contribution in [2.75, 3.05) is 0 Å². The number of hydrogen-bond donors (Lipinski definition) is 0. The maximum absolute atomic E-state index is 6.62. The molecule has 0 unspecified atom stereocenters. The van der Waals surface area contributed by atoms with Gasteiger partial charge in [0, 0.05) is 38.3 Å². The third-order valence-corrected chi connectivity index (χ3v) is 8.45. The van der Waals surface area contributed by atoms with Crippen molar-refractivity contribution in [1.82, 2.24) is 4.57 Å². The van der Waals surface area contributed by atoms with Gasteiger partial charge in [-0.25, -0.2) is 0 Å². The molecule has 1 aliphatic rings. The van der Waals surface area contributed by atoms with E-state index >= 15 is 0 Å². The third-order valence-electron chi connectivity index (χ3n) is 8.45. The van der Waals surface area contributed by atoms with Crippen LogP contribution in [0.5, 0.6) is 11.5 Å². The summed E-state index contributed by atoms with van der Waals surface area (Å²) in [4.78, 5) is 0. The van der Waals surface area contributed by atoms with Crippen LogP contribution < -0.4 is 4.74 Å². The molecular formula is C37H27NO. The van der Waals surface area contributed by atoms with Crippen molar-refractivity contribution in [2.24, 2.45) is 0 Å². The number of rotatable bonds is 2. The fourth-order valence-corrected chi connectivity index (χ4v) is 6.50. The summed E-state index contributed by atoms with van der Waals surface area (Å²) < 4.78 is 9.03. The van der Waals surface area contributed by atoms with Gasteiger partial charge in [-0.1, -0.05) is 111 Å². The molecule has 0 fully saturated rings. The Bertz CT molecular complexity index is 2070. The highest BCUT2D eigenvalue weighted by atomic mass is 16.5. The summed E-state index contributed by atoms with van der Waals surface area (Å²) >= 11 is 0. The lowest BCUT2D eigenvalue weighted by Gasteiger charge is -2.35. The first kappa shape index (κ1) is 22.2. The van der Waals surface area contributed by atoms with E-state index in [1.165, 1.54) is 49.4 Å². The van der Waals surface area contributed by atoms with Crippen LogP contribution in [-0.2, 0) is 5.41 Å². The molecule has 0 saturated carbocycles. The molecule has 0 aliphatic carbocycles. The van der Waals surface area contributed by atoms with E-state index in [0.717, 1.165) is 22.6 Å². The summed E-state index contributed by atoms with van der Waals surface area (Å²) in [7, 11) is 0. The highest BCUT2D eigenvalue weighted by molar-refractivity contribution is 6.11. The standard InChI is InChI=1S/C37H27NO/c1-37(2)30-16-6-8-20-35(30)39-36-27(15-10-17-31(36)37)25-21-22-34-29(23-25)28-14-5-7-18-33(28)38(34)32-19-9-12-24-11-3-4-13-26(24)32/h3-23H,1-2H3. The van der Waals surface area contributed by atoms with Gasteiger partial charge >= 0.3 is 0 Å². The molecule has 1 aliphatic heterocycles. The molecule has 0 bridgehead atoms. The number of hydrogen-bond acceptors (Lipinski definition) is 1. The molecule has 0 amide bonds. The van der Waals surface area contributed by atoms with E-state index in [9.17, 15) is 0 Å². The lowest BCUT2D eigenvalue weighted by atomic mass is 9.75. The smallest absolute Gasteiger partial charge is 0.139 e. The van der Waals surface area contributed by atoms with Crippen molar-refractivity contribution in [3.63, 3.8) is 0 Å². The van der Waals surface area contributed by atoms with Gasteiger partial charge < -0.3 is 9.30 Å². The van der Waals surface area contributed by atoms with Crippen LogP contribution in [0.2, 0.25) is 0 Å². The minimum Gasteiger partial charge on any atom is -0.456 e. The van der Waals surface area contributed by atoms with Crippen LogP contribution in [0.4, 0.5) is 0 Å². The second kappa shape index (κ2) is 8.09. The van der Waals surface area contributed by atoms with Crippen molar-refractivity contribution in [2.45, 2.75) is 19.3 Å². The van der Waals surface area contributed by atoms with Crippen molar-refractivity contribution < 1.29 is 4.74 Å². The zero-order chi connectivity index (χ0) is 26.1. The van der Waals surface area contributed by atoms with Gasteiger partial charge in [0.15, 0.2) is 0 Å². The Morgan fingerprint density at radius 3 is 2.18 bits per heavy atom. The fraction of sp³-hybridized carbons (Fsp3) is 0.0811. The summed E-state index contributed by atoms with van der Waals surface area (Å²) in [5, 5.41) is 4.98. The van der Waals surface area contributed by atoms with Crippen LogP contribution in [0.15, 0.2) is 127 Å². The monoisotopic (exact) mass is 501 g/mol. The number of fused-ring (bicyclic) bond motifs is 6. The highest BCUT2D eigenvalue weighted by Gasteiger charge is 2.35. The molecule has 6 aromatic carbocycles. The molecule has 0 atom stereocenters. The normalized spacial score (nSPS) is 13.8. The van der Waals surface area contributed by atoms with E-state index in [1.807, 2.05) is 0 Å². The number of aromatic nitrogens is 1. The predicted octanol–water partition coefficient (Wildman–Crippen LogP) is 10.0. The van der Waals surface area contributed by atoms with E-state index < -0.39 is 0 Å². The van der Waals surface area contributed by atoms with E-state index in [2.05, 4.69) is 146 Å². The van der Waals surface area contributed by atoms with Crippen LogP contribution >= 0.6 is 0 Å². The molecule has 186 valence electrons. The van der Waals surface area contributed by atoms with Crippen molar-refractivity contribution in [1.29, 1.82) is 0 Å². The van der Waals surface area contributed by atoms with E-state index in [0.29, 0.717) is 0 Å². The predicted molar refractivity (Wildman–Crippen MR) is 162 cm³/mol. The lowest BCUT2D eigenvalue weighted by Crippen LogP contribution is -2.24. The van der Waals surface area contributed by atoms with E-state index in [4.69, 9.17) is 4.74 Å². The first-order valence-electron chi connectivity index (χ1n) is 13.5. The van der Waals surface area contributed by atoms with Gasteiger partial charge in [-0.3, -0.25) is 0 Å². The Hall–Kier alpha value is -4.82. The number of nitrogens with zero attached hydrogens (tertiary/aromatic N) is 1. The van der Waals surface area contributed by atoms with Crippen LogP contribution in [0.1, 0.15) is 25.0 Å². The van der Waals surface area contributed by atoms with E-state index in [-0.39, 0.29) is 5.41 Å². The van der Waals surface area contributed by atoms with Crippen molar-refractivity contribution >= 4 is 32.6 Å². The Balaban J connectivity index is 1.38. The molecule has 7 aromatic rings. The average molecular weight is 502 g/mol. The SMILES string of the molecule is CC1(C)c2ccccc2Oc2c(-c3ccc4c(c3)c3ccccc3n4-c3cccc4ccccc34)cccc21. The summed E-state index contributed by atoms with van der Waals surface area (Å²) in [6, 6.07) is 45.7. The summed E-state index contributed by atoms with van der Waals surface area (Å²) in [5.41, 5.74) is 8.20. The van der Waals surface area contributed by atoms with Crippen LogP contribution in [-0.4, -0.2) is 4.57 Å². The van der Waals surface area contributed by atoms with Crippen molar-refractivity contribution in [3.05, 3.63) is 139 Å². The van der Waals surface area contributed by atoms with Gasteiger partial charge in [0.05, 0.1) is 16.7 Å². The topological polar surface area (TPSA) is 14.2 Å². The fourth-order valence-electron chi connectivity index (χ4n) is 6.50. The zero-order valence-corrected chi connectivity index (χ0v) is 22.0. The molecule has 39 heavy (non-hydrogen) atoms. The molecule has 1 aromatic heterocycles. The molecule has 2 heterocycles. The van der Waals surface area contributed by atoms with Crippen LogP contribution in [0, 0.1) is 0 Å². The molecule has 0 saturated heterocycles. The molecule has 2 nitrogen and oxygen atoms in total. The quantitative estimate of drug-likeness (QED) is 0.230. The number of ether oxygens (including phenoxy) is 1. The second-order valence-corrected chi connectivity index (χ2v) is 11.0. The molecule has 2 heteroatoms. The van der Waals surface area contributed by atoms with Gasteiger partial charge in [-0.2, -0.15) is 0 Å². The minimum absolute atomic E-state index is 0.144. The highest BCUT2D eigenvalue weighted by Crippen LogP contribution is 2.51. The number of benzene rings is 6. The Kier molecular flexibility index (Phi) is 4.60. The van der Waals surface area contributed by atoms with E-state index in [1.54, 1.807) is 0 Å². The first-order chi connectivity index (χ1) is 19.1. The van der Waals surface area contributed by atoms with Crippen LogP contribution in [0.3, 0.4) is 0 Å². The molecular weight excluding hydrogens is 474 g/mol. The van der Waals surface area contributed by atoms with Gasteiger partial charge in [0.1, 0.15) is 11.5 Å². The maximum atomic E-state index is 6.62. The Morgan fingerprint density at radius 2 is 1.26 bits per heavy atom. The largest absolute Gasteiger partial charge is 0.456 e. The second-order valence-electron chi connectivity index (χ2n) is 11.0. The van der Waals surface area contributed by atoms with Crippen LogP contribution in [0.25, 0.3) is 49.4 Å². The zero-order valence-electron chi connectivity index (χ0n) is 22.0. The average Bonchev–Trinajstić information content (AvgIpc) is 3.30.